The van der Waals surface area contributed by atoms with Crippen molar-refractivity contribution in [2.75, 3.05) is 18.5 Å². The van der Waals surface area contributed by atoms with Crippen LogP contribution in [0.3, 0.4) is 0 Å². The highest BCUT2D eigenvalue weighted by molar-refractivity contribution is 5.82. The lowest BCUT2D eigenvalue weighted by Gasteiger charge is -2.22. The van der Waals surface area contributed by atoms with E-state index in [0.29, 0.717) is 18.6 Å². The van der Waals surface area contributed by atoms with Gasteiger partial charge >= 0.3 is 5.69 Å². The molecule has 0 aromatic carbocycles. The van der Waals surface area contributed by atoms with Gasteiger partial charge in [-0.2, -0.15) is 0 Å². The molecular formula is C11H15N3O3. The van der Waals surface area contributed by atoms with Crippen LogP contribution in [0.25, 0.3) is 0 Å². The second kappa shape index (κ2) is 4.82. The Bertz CT molecular complexity index is 569. The molecule has 92 valence electrons. The molecule has 0 atom stereocenters. The number of nitrogens with zero attached hydrogens (tertiary/aromatic N) is 3. The summed E-state index contributed by atoms with van der Waals surface area (Å²) < 4.78 is 2.18. The number of carbonyl (C=O) groups excluding carboxylic acids is 1. The van der Waals surface area contributed by atoms with Crippen molar-refractivity contribution >= 4 is 12.1 Å². The van der Waals surface area contributed by atoms with Gasteiger partial charge < -0.3 is 4.90 Å². The van der Waals surface area contributed by atoms with Crippen LogP contribution in [0.1, 0.15) is 10.4 Å². The zero-order valence-corrected chi connectivity index (χ0v) is 10.1. The molecule has 0 fully saturated rings. The fraction of sp³-hybridized carbons (Fsp3) is 0.364. The first-order valence-corrected chi connectivity index (χ1v) is 5.03. The Hall–Kier alpha value is -2.11. The van der Waals surface area contributed by atoms with Gasteiger partial charge in [0, 0.05) is 27.7 Å². The van der Waals surface area contributed by atoms with E-state index >= 15 is 0 Å². The Morgan fingerprint density at radius 2 is 1.88 bits per heavy atom. The summed E-state index contributed by atoms with van der Waals surface area (Å²) in [4.78, 5) is 36.1. The molecule has 1 heterocycles. The van der Waals surface area contributed by atoms with E-state index < -0.39 is 11.2 Å². The van der Waals surface area contributed by atoms with Gasteiger partial charge in [0.05, 0.1) is 0 Å². The van der Waals surface area contributed by atoms with Crippen LogP contribution in [0.2, 0.25) is 0 Å². The van der Waals surface area contributed by atoms with Gasteiger partial charge in [-0.05, 0) is 0 Å². The molecule has 0 spiro atoms. The highest BCUT2D eigenvalue weighted by atomic mass is 16.2. The van der Waals surface area contributed by atoms with Crippen molar-refractivity contribution < 1.29 is 4.79 Å². The highest BCUT2D eigenvalue weighted by Gasteiger charge is 2.17. The van der Waals surface area contributed by atoms with Gasteiger partial charge in [0.1, 0.15) is 11.4 Å². The van der Waals surface area contributed by atoms with Crippen molar-refractivity contribution in [2.45, 2.75) is 0 Å². The molecule has 0 unspecified atom stereocenters. The average molecular weight is 237 g/mol. The second-order valence-electron chi connectivity index (χ2n) is 3.73. The molecule has 1 aromatic rings. The molecule has 0 aliphatic carbocycles. The van der Waals surface area contributed by atoms with Crippen LogP contribution < -0.4 is 16.1 Å². The number of rotatable bonds is 4. The Kier molecular flexibility index (Phi) is 3.67. The van der Waals surface area contributed by atoms with Crippen molar-refractivity contribution in [1.82, 2.24) is 9.13 Å². The first-order chi connectivity index (χ1) is 7.95. The summed E-state index contributed by atoms with van der Waals surface area (Å²) in [6, 6.07) is 0. The van der Waals surface area contributed by atoms with Crippen LogP contribution in [0, 0.1) is 0 Å². The van der Waals surface area contributed by atoms with Crippen LogP contribution in [0.15, 0.2) is 22.2 Å². The van der Waals surface area contributed by atoms with Gasteiger partial charge in [-0.15, -0.1) is 6.58 Å². The quantitative estimate of drug-likeness (QED) is 0.524. The van der Waals surface area contributed by atoms with Crippen molar-refractivity contribution in [3.63, 3.8) is 0 Å². The lowest BCUT2D eigenvalue weighted by Crippen LogP contribution is -2.42. The molecule has 0 N–H and O–H groups in total. The molecule has 0 bridgehead atoms. The van der Waals surface area contributed by atoms with E-state index in [4.69, 9.17) is 0 Å². The van der Waals surface area contributed by atoms with Crippen LogP contribution >= 0.6 is 0 Å². The maximum Gasteiger partial charge on any atom is 0.332 e. The summed E-state index contributed by atoms with van der Waals surface area (Å²) in [6.07, 6.45) is 2.09. The minimum Gasteiger partial charge on any atom is -0.356 e. The lowest BCUT2D eigenvalue weighted by molar-refractivity contribution is 0.112. The van der Waals surface area contributed by atoms with Crippen LogP contribution in [0.5, 0.6) is 0 Å². The predicted molar refractivity (Wildman–Crippen MR) is 65.8 cm³/mol. The standard InChI is InChI=1S/C11H15N3O3/c1-5-6-12(2)9-8(7-15)10(16)14(4)11(17)13(9)3/h5,7H,1,6H2,2-4H3. The second-order valence-corrected chi connectivity index (χ2v) is 3.73. The predicted octanol–water partition coefficient (Wildman–Crippen LogP) is -0.481. The molecule has 0 aliphatic rings. The van der Waals surface area contributed by atoms with Crippen LogP contribution in [-0.4, -0.2) is 29.0 Å². The number of hydrogen-bond acceptors (Lipinski definition) is 4. The van der Waals surface area contributed by atoms with E-state index in [1.807, 2.05) is 0 Å². The molecule has 0 radical (unpaired) electrons. The zero-order valence-electron chi connectivity index (χ0n) is 10.1. The Morgan fingerprint density at radius 3 is 2.35 bits per heavy atom. The summed E-state index contributed by atoms with van der Waals surface area (Å²) >= 11 is 0. The van der Waals surface area contributed by atoms with Gasteiger partial charge in [-0.3, -0.25) is 18.7 Å². The van der Waals surface area contributed by atoms with Gasteiger partial charge in [0.25, 0.3) is 5.56 Å². The Balaban J connectivity index is 3.69. The van der Waals surface area contributed by atoms with Crippen molar-refractivity contribution in [3.8, 4) is 0 Å². The van der Waals surface area contributed by atoms with E-state index in [9.17, 15) is 14.4 Å². The van der Waals surface area contributed by atoms with Gasteiger partial charge in [-0.1, -0.05) is 6.08 Å². The third kappa shape index (κ3) is 2.06. The third-order valence-electron chi connectivity index (χ3n) is 2.55. The Morgan fingerprint density at radius 1 is 1.29 bits per heavy atom. The topological polar surface area (TPSA) is 64.3 Å². The normalized spacial score (nSPS) is 10.1. The molecular weight excluding hydrogens is 222 g/mol. The van der Waals surface area contributed by atoms with E-state index in [-0.39, 0.29) is 5.56 Å². The summed E-state index contributed by atoms with van der Waals surface area (Å²) in [5, 5.41) is 0. The van der Waals surface area contributed by atoms with E-state index in [2.05, 4.69) is 6.58 Å². The van der Waals surface area contributed by atoms with Crippen molar-refractivity contribution in [3.05, 3.63) is 39.1 Å². The van der Waals surface area contributed by atoms with Crippen LogP contribution in [-0.2, 0) is 14.1 Å². The molecule has 0 saturated carbocycles. The molecule has 6 heteroatoms. The highest BCUT2D eigenvalue weighted by Crippen LogP contribution is 2.11. The molecule has 0 amide bonds. The average Bonchev–Trinajstić information content (AvgIpc) is 2.31. The molecule has 17 heavy (non-hydrogen) atoms. The molecule has 1 rings (SSSR count). The van der Waals surface area contributed by atoms with E-state index in [1.54, 1.807) is 18.0 Å². The van der Waals surface area contributed by atoms with Crippen molar-refractivity contribution in [1.29, 1.82) is 0 Å². The van der Waals surface area contributed by atoms with E-state index in [1.165, 1.54) is 18.7 Å². The maximum absolute atomic E-state index is 11.8. The number of aromatic nitrogens is 2. The molecule has 6 nitrogen and oxygen atoms in total. The van der Waals surface area contributed by atoms with Crippen molar-refractivity contribution in [2.24, 2.45) is 14.1 Å². The monoisotopic (exact) mass is 237 g/mol. The lowest BCUT2D eigenvalue weighted by atomic mass is 10.3. The number of carbonyl (C=O) groups is 1. The fourth-order valence-electron chi connectivity index (χ4n) is 1.70. The number of likely N-dealkylation sites (N-methyl/N-ethyl adjacent to an activating group) is 1. The SMILES string of the molecule is C=CCN(C)c1c(C=O)c(=O)n(C)c(=O)n1C. The van der Waals surface area contributed by atoms with Crippen LogP contribution in [0.4, 0.5) is 5.82 Å². The van der Waals surface area contributed by atoms with Gasteiger partial charge in [-0.25, -0.2) is 4.79 Å². The smallest absolute Gasteiger partial charge is 0.332 e. The largest absolute Gasteiger partial charge is 0.356 e. The molecule has 0 saturated heterocycles. The number of anilines is 1. The number of aldehydes is 1. The first-order valence-electron chi connectivity index (χ1n) is 5.03. The third-order valence-corrected chi connectivity index (χ3v) is 2.55. The van der Waals surface area contributed by atoms with Gasteiger partial charge in [0.2, 0.25) is 0 Å². The Labute approximate surface area is 98.4 Å². The van der Waals surface area contributed by atoms with E-state index in [0.717, 1.165) is 4.57 Å². The first kappa shape index (κ1) is 13.0. The molecule has 0 aliphatic heterocycles. The summed E-state index contributed by atoms with van der Waals surface area (Å²) in [5.74, 6) is 0.299. The number of hydrogen-bond donors (Lipinski definition) is 0. The maximum atomic E-state index is 11.8. The summed E-state index contributed by atoms with van der Waals surface area (Å²) in [5.41, 5.74) is -1.08. The zero-order chi connectivity index (χ0) is 13.2. The summed E-state index contributed by atoms with van der Waals surface area (Å²) in [7, 11) is 4.54. The summed E-state index contributed by atoms with van der Waals surface area (Å²) in [6.45, 7) is 4.00. The fourth-order valence-corrected chi connectivity index (χ4v) is 1.70. The molecule has 1 aromatic heterocycles. The van der Waals surface area contributed by atoms with Gasteiger partial charge in [0.15, 0.2) is 6.29 Å². The minimum absolute atomic E-state index is 0.0287. The minimum atomic E-state index is -0.589.